The average Bonchev–Trinajstić information content (AvgIpc) is 2.60. The summed E-state index contributed by atoms with van der Waals surface area (Å²) in [6, 6.07) is 7.90. The van der Waals surface area contributed by atoms with Gasteiger partial charge in [0.15, 0.2) is 0 Å². The first kappa shape index (κ1) is 11.5. The zero-order valence-electron chi connectivity index (χ0n) is 10.2. The minimum Gasteiger partial charge on any atom is -0.422 e. The number of benzene rings is 1. The number of esters is 1. The Balaban J connectivity index is 2.30. The highest BCUT2D eigenvalue weighted by molar-refractivity contribution is 6.01. The first-order valence-electron chi connectivity index (χ1n) is 5.45. The van der Waals surface area contributed by atoms with Crippen LogP contribution in [0.4, 0.5) is 0 Å². The molecule has 1 aliphatic heterocycles. The maximum atomic E-state index is 11.6. The minimum absolute atomic E-state index is 0.297. The highest BCUT2D eigenvalue weighted by Crippen LogP contribution is 2.26. The normalized spacial score (nSPS) is 17.0. The Morgan fingerprint density at radius 2 is 1.82 bits per heavy atom. The molecule has 0 atom stereocenters. The molecule has 88 valence electrons. The molecule has 1 aromatic carbocycles. The second-order valence-electron chi connectivity index (χ2n) is 4.31. The molecule has 0 aliphatic carbocycles. The van der Waals surface area contributed by atoms with Gasteiger partial charge in [-0.25, -0.2) is 4.79 Å². The van der Waals surface area contributed by atoms with Gasteiger partial charge in [-0.15, -0.1) is 0 Å². The summed E-state index contributed by atoms with van der Waals surface area (Å²) < 4.78 is 5.23. The molecule has 0 saturated carbocycles. The summed E-state index contributed by atoms with van der Waals surface area (Å²) in [4.78, 5) is 13.4. The minimum atomic E-state index is -0.297. The van der Waals surface area contributed by atoms with Crippen molar-refractivity contribution in [2.24, 2.45) is 0 Å². The molecule has 0 saturated heterocycles. The molecule has 1 heterocycles. The van der Waals surface area contributed by atoms with Gasteiger partial charge in [0, 0.05) is 25.9 Å². The molecule has 0 aromatic heterocycles. The van der Waals surface area contributed by atoms with Gasteiger partial charge < -0.3 is 9.64 Å². The van der Waals surface area contributed by atoms with Crippen LogP contribution in [0.1, 0.15) is 11.1 Å². The predicted octanol–water partition coefficient (Wildman–Crippen LogP) is 2.34. The maximum Gasteiger partial charge on any atom is 0.345 e. The third-order valence-corrected chi connectivity index (χ3v) is 2.46. The topological polar surface area (TPSA) is 29.5 Å². The smallest absolute Gasteiger partial charge is 0.345 e. The number of carbonyl (C=O) groups excluding carboxylic acids is 1. The van der Waals surface area contributed by atoms with Gasteiger partial charge in [0.2, 0.25) is 0 Å². The molecule has 3 heteroatoms. The Bertz CT molecular complexity index is 495. The van der Waals surface area contributed by atoms with Gasteiger partial charge in [0.05, 0.1) is 5.57 Å². The summed E-state index contributed by atoms with van der Waals surface area (Å²) in [5.41, 5.74) is 2.68. The molecular weight excluding hydrogens is 214 g/mol. The number of cyclic esters (lactones) is 1. The Morgan fingerprint density at radius 3 is 2.41 bits per heavy atom. The molecule has 0 N–H and O–H groups in total. The van der Waals surface area contributed by atoms with Crippen LogP contribution in [0, 0.1) is 6.92 Å². The summed E-state index contributed by atoms with van der Waals surface area (Å²) in [5.74, 6) is 0.317. The van der Waals surface area contributed by atoms with Crippen LogP contribution < -0.4 is 0 Å². The van der Waals surface area contributed by atoms with Crippen molar-refractivity contribution >= 4 is 11.7 Å². The second kappa shape index (κ2) is 4.45. The van der Waals surface area contributed by atoms with E-state index in [4.69, 9.17) is 4.74 Å². The van der Waals surface area contributed by atoms with Gasteiger partial charge in [-0.3, -0.25) is 0 Å². The molecule has 0 spiro atoms. The SMILES string of the molecule is Cc1ccc(C2=CC(=CN(C)C)C(=O)O2)cc1. The Morgan fingerprint density at radius 1 is 1.18 bits per heavy atom. The van der Waals surface area contributed by atoms with E-state index >= 15 is 0 Å². The van der Waals surface area contributed by atoms with Gasteiger partial charge in [-0.1, -0.05) is 29.8 Å². The molecule has 0 fully saturated rings. The first-order valence-corrected chi connectivity index (χ1v) is 5.45. The largest absolute Gasteiger partial charge is 0.422 e. The van der Waals surface area contributed by atoms with E-state index in [0.717, 1.165) is 5.56 Å². The fourth-order valence-electron chi connectivity index (χ4n) is 1.62. The van der Waals surface area contributed by atoms with Crippen LogP contribution >= 0.6 is 0 Å². The van der Waals surface area contributed by atoms with Crippen LogP contribution in [0.2, 0.25) is 0 Å². The van der Waals surface area contributed by atoms with Crippen LogP contribution in [0.15, 0.2) is 42.1 Å². The lowest BCUT2D eigenvalue weighted by molar-refractivity contribution is -0.131. The number of hydrogen-bond acceptors (Lipinski definition) is 3. The zero-order chi connectivity index (χ0) is 12.4. The van der Waals surface area contributed by atoms with Crippen LogP contribution in [0.25, 0.3) is 5.76 Å². The van der Waals surface area contributed by atoms with Crippen molar-refractivity contribution in [2.75, 3.05) is 14.1 Å². The number of hydrogen-bond donors (Lipinski definition) is 0. The molecular formula is C14H15NO2. The monoisotopic (exact) mass is 229 g/mol. The lowest BCUT2D eigenvalue weighted by atomic mass is 10.1. The lowest BCUT2D eigenvalue weighted by Crippen LogP contribution is -2.06. The van der Waals surface area contributed by atoms with Crippen molar-refractivity contribution in [3.63, 3.8) is 0 Å². The van der Waals surface area contributed by atoms with Crippen molar-refractivity contribution in [3.05, 3.63) is 53.2 Å². The lowest BCUT2D eigenvalue weighted by Gasteiger charge is -2.03. The third-order valence-electron chi connectivity index (χ3n) is 2.46. The summed E-state index contributed by atoms with van der Waals surface area (Å²) in [6.07, 6.45) is 3.52. The molecule has 0 bridgehead atoms. The van der Waals surface area contributed by atoms with Gasteiger partial charge in [0.1, 0.15) is 5.76 Å². The molecule has 3 nitrogen and oxygen atoms in total. The summed E-state index contributed by atoms with van der Waals surface area (Å²) in [7, 11) is 3.75. The average molecular weight is 229 g/mol. The quantitative estimate of drug-likeness (QED) is 0.576. The predicted molar refractivity (Wildman–Crippen MR) is 67.0 cm³/mol. The number of ether oxygens (including phenoxy) is 1. The van der Waals surface area contributed by atoms with Crippen LogP contribution in [-0.2, 0) is 9.53 Å². The van der Waals surface area contributed by atoms with Gasteiger partial charge in [0.25, 0.3) is 0 Å². The van der Waals surface area contributed by atoms with E-state index in [9.17, 15) is 4.79 Å². The number of nitrogens with zero attached hydrogens (tertiary/aromatic N) is 1. The summed E-state index contributed by atoms with van der Waals surface area (Å²) in [6.45, 7) is 2.02. The van der Waals surface area contributed by atoms with Crippen molar-refractivity contribution in [1.82, 2.24) is 4.90 Å². The van der Waals surface area contributed by atoms with Crippen LogP contribution in [0.5, 0.6) is 0 Å². The van der Waals surface area contributed by atoms with E-state index in [1.807, 2.05) is 50.2 Å². The number of carbonyl (C=O) groups is 1. The van der Waals surface area contributed by atoms with E-state index in [0.29, 0.717) is 11.3 Å². The molecule has 0 unspecified atom stereocenters. The second-order valence-corrected chi connectivity index (χ2v) is 4.31. The van der Waals surface area contributed by atoms with E-state index in [2.05, 4.69) is 0 Å². The first-order chi connectivity index (χ1) is 8.06. The summed E-state index contributed by atoms with van der Waals surface area (Å²) >= 11 is 0. The number of rotatable bonds is 2. The van der Waals surface area contributed by atoms with Crippen molar-refractivity contribution < 1.29 is 9.53 Å². The van der Waals surface area contributed by atoms with Crippen molar-refractivity contribution in [2.45, 2.75) is 6.92 Å². The van der Waals surface area contributed by atoms with E-state index < -0.39 is 0 Å². The van der Waals surface area contributed by atoms with E-state index in [1.54, 1.807) is 12.3 Å². The molecule has 1 aromatic rings. The summed E-state index contributed by atoms with van der Waals surface area (Å²) in [5, 5.41) is 0. The highest BCUT2D eigenvalue weighted by Gasteiger charge is 2.21. The Kier molecular flexibility index (Phi) is 3.00. The molecule has 17 heavy (non-hydrogen) atoms. The molecule has 0 amide bonds. The van der Waals surface area contributed by atoms with E-state index in [1.165, 1.54) is 5.56 Å². The zero-order valence-corrected chi connectivity index (χ0v) is 10.2. The fourth-order valence-corrected chi connectivity index (χ4v) is 1.62. The fraction of sp³-hybridized carbons (Fsp3) is 0.214. The maximum absolute atomic E-state index is 11.6. The Hall–Kier alpha value is -2.03. The van der Waals surface area contributed by atoms with Crippen LogP contribution in [-0.4, -0.2) is 25.0 Å². The van der Waals surface area contributed by atoms with Gasteiger partial charge in [-0.2, -0.15) is 0 Å². The molecule has 1 aliphatic rings. The Labute approximate surface area is 101 Å². The standard InChI is InChI=1S/C14H15NO2/c1-10-4-6-11(7-5-10)13-8-12(9-15(2)3)14(16)17-13/h4-9H,1-3H3. The van der Waals surface area contributed by atoms with Crippen molar-refractivity contribution in [3.8, 4) is 0 Å². The molecule has 2 rings (SSSR count). The third kappa shape index (κ3) is 2.56. The van der Waals surface area contributed by atoms with Gasteiger partial charge in [-0.05, 0) is 13.0 Å². The van der Waals surface area contributed by atoms with Crippen molar-refractivity contribution in [1.29, 1.82) is 0 Å². The van der Waals surface area contributed by atoms with E-state index in [-0.39, 0.29) is 5.97 Å². The number of aryl methyl sites for hydroxylation is 1. The molecule has 0 radical (unpaired) electrons. The highest BCUT2D eigenvalue weighted by atomic mass is 16.5. The van der Waals surface area contributed by atoms with Crippen LogP contribution in [0.3, 0.4) is 0 Å². The van der Waals surface area contributed by atoms with Gasteiger partial charge >= 0.3 is 5.97 Å².